The number of carbonyl (C=O) groups is 1. The molecule has 4 rings (SSSR count). The number of nitrogens with zero attached hydrogens (tertiary/aromatic N) is 3. The number of carboxylic acid groups (broad SMARTS) is 1. The summed E-state index contributed by atoms with van der Waals surface area (Å²) in [5.74, 6) is -0.309. The Bertz CT molecular complexity index is 618. The number of carboxylic acids is 1. The van der Waals surface area contributed by atoms with Crippen LogP contribution in [0.2, 0.25) is 0 Å². The predicted octanol–water partition coefficient (Wildman–Crippen LogP) is 1.37. The van der Waals surface area contributed by atoms with E-state index in [1.807, 2.05) is 0 Å². The molecule has 0 amide bonds. The molecule has 27 heavy (non-hydrogen) atoms. The molecule has 3 heterocycles. The summed E-state index contributed by atoms with van der Waals surface area (Å²) in [4.78, 5) is 18.5. The second kappa shape index (κ2) is 8.69. The normalized spacial score (nSPS) is 28.7. The monoisotopic (exact) mass is 373 g/mol. The van der Waals surface area contributed by atoms with Gasteiger partial charge in [0.1, 0.15) is 0 Å². The van der Waals surface area contributed by atoms with E-state index in [-0.39, 0.29) is 6.54 Å². The molecule has 0 radical (unpaired) electrons. The van der Waals surface area contributed by atoms with Crippen molar-refractivity contribution in [3.8, 4) is 0 Å². The summed E-state index contributed by atoms with van der Waals surface area (Å²) in [6.45, 7) is 7.64. The van der Waals surface area contributed by atoms with Crippen LogP contribution in [0.5, 0.6) is 0 Å². The molecule has 3 aliphatic heterocycles. The maximum atomic E-state index is 11.2. The summed E-state index contributed by atoms with van der Waals surface area (Å²) < 4.78 is 5.91. The molecular formula is C21H31N3O3. The number of fused-ring (bicyclic) bond motifs is 3. The zero-order valence-electron chi connectivity index (χ0n) is 16.0. The number of likely N-dealkylation sites (tertiary alicyclic amines) is 1. The lowest BCUT2D eigenvalue weighted by molar-refractivity contribution is -0.138. The van der Waals surface area contributed by atoms with Gasteiger partial charge in [0.05, 0.1) is 19.8 Å². The van der Waals surface area contributed by atoms with Gasteiger partial charge in [-0.15, -0.1) is 0 Å². The molecule has 6 nitrogen and oxygen atoms in total. The number of hydrogen-bond acceptors (Lipinski definition) is 5. The predicted molar refractivity (Wildman–Crippen MR) is 104 cm³/mol. The van der Waals surface area contributed by atoms with Crippen molar-refractivity contribution in [1.29, 1.82) is 0 Å². The largest absolute Gasteiger partial charge is 0.480 e. The summed E-state index contributed by atoms with van der Waals surface area (Å²) in [6.07, 6.45) is 2.38. The van der Waals surface area contributed by atoms with Gasteiger partial charge in [0, 0.05) is 44.2 Å². The zero-order chi connectivity index (χ0) is 18.6. The number of ether oxygens (including phenoxy) is 1. The smallest absolute Gasteiger partial charge is 0.317 e. The van der Waals surface area contributed by atoms with E-state index in [9.17, 15) is 9.90 Å². The molecule has 2 bridgehead atoms. The van der Waals surface area contributed by atoms with E-state index < -0.39 is 5.97 Å². The molecule has 1 aromatic carbocycles. The highest BCUT2D eigenvalue weighted by atomic mass is 16.5. The quantitative estimate of drug-likeness (QED) is 0.841. The van der Waals surface area contributed by atoms with Crippen LogP contribution in [0.1, 0.15) is 18.4 Å². The van der Waals surface area contributed by atoms with E-state index in [0.717, 1.165) is 52.5 Å². The maximum absolute atomic E-state index is 11.2. The molecule has 3 fully saturated rings. The highest BCUT2D eigenvalue weighted by Crippen LogP contribution is 2.27. The number of aliphatic carboxylic acids is 1. The van der Waals surface area contributed by atoms with Crippen LogP contribution in [-0.2, 0) is 16.1 Å². The van der Waals surface area contributed by atoms with Crippen molar-refractivity contribution in [2.45, 2.75) is 31.5 Å². The highest BCUT2D eigenvalue weighted by Gasteiger charge is 2.38. The van der Waals surface area contributed by atoms with Crippen LogP contribution in [0.3, 0.4) is 0 Å². The fourth-order valence-corrected chi connectivity index (χ4v) is 4.99. The van der Waals surface area contributed by atoms with Crippen LogP contribution in [0.25, 0.3) is 0 Å². The average Bonchev–Trinajstić information content (AvgIpc) is 2.93. The maximum Gasteiger partial charge on any atom is 0.317 e. The Kier molecular flexibility index (Phi) is 6.08. The third kappa shape index (κ3) is 4.88. The standard InChI is InChI=1S/C21H31N3O3/c25-21(26)14-23-11-18-12-24(20(13-23)16-27-15-18)19-6-8-22(9-7-19)10-17-4-2-1-3-5-17/h1-5,18-20H,6-16H2,(H,25,26)/t18-,20-/m0/s1. The Hall–Kier alpha value is -1.47. The molecule has 3 saturated heterocycles. The van der Waals surface area contributed by atoms with Crippen LogP contribution in [-0.4, -0.2) is 90.3 Å². The van der Waals surface area contributed by atoms with Gasteiger partial charge >= 0.3 is 5.97 Å². The van der Waals surface area contributed by atoms with E-state index in [0.29, 0.717) is 18.0 Å². The molecule has 0 spiro atoms. The van der Waals surface area contributed by atoms with E-state index in [4.69, 9.17) is 4.74 Å². The Labute approximate surface area is 161 Å². The van der Waals surface area contributed by atoms with Gasteiger partial charge in [0.2, 0.25) is 0 Å². The van der Waals surface area contributed by atoms with Crippen molar-refractivity contribution in [3.05, 3.63) is 35.9 Å². The second-order valence-corrected chi connectivity index (χ2v) is 8.33. The van der Waals surface area contributed by atoms with Gasteiger partial charge in [-0.1, -0.05) is 30.3 Å². The van der Waals surface area contributed by atoms with E-state index in [1.54, 1.807) is 0 Å². The summed E-state index contributed by atoms with van der Waals surface area (Å²) in [7, 11) is 0. The first kappa shape index (κ1) is 18.9. The number of piperidine rings is 1. The average molecular weight is 373 g/mol. The van der Waals surface area contributed by atoms with Crippen LogP contribution in [0.4, 0.5) is 0 Å². The van der Waals surface area contributed by atoms with Gasteiger partial charge in [0.25, 0.3) is 0 Å². The van der Waals surface area contributed by atoms with Crippen molar-refractivity contribution >= 4 is 5.97 Å². The van der Waals surface area contributed by atoms with Gasteiger partial charge in [-0.2, -0.15) is 0 Å². The fourth-order valence-electron chi connectivity index (χ4n) is 4.99. The number of hydrogen-bond donors (Lipinski definition) is 1. The third-order valence-electron chi connectivity index (χ3n) is 6.22. The Morgan fingerprint density at radius 3 is 2.52 bits per heavy atom. The lowest BCUT2D eigenvalue weighted by Crippen LogP contribution is -2.52. The third-order valence-corrected chi connectivity index (χ3v) is 6.22. The molecule has 1 N–H and O–H groups in total. The summed E-state index contributed by atoms with van der Waals surface area (Å²) in [5.41, 5.74) is 1.39. The summed E-state index contributed by atoms with van der Waals surface area (Å²) >= 11 is 0. The van der Waals surface area contributed by atoms with Gasteiger partial charge in [-0.25, -0.2) is 0 Å². The molecule has 0 aliphatic carbocycles. The zero-order valence-corrected chi connectivity index (χ0v) is 16.0. The Balaban J connectivity index is 1.35. The fraction of sp³-hybridized carbons (Fsp3) is 0.667. The van der Waals surface area contributed by atoms with Crippen molar-refractivity contribution in [1.82, 2.24) is 14.7 Å². The Morgan fingerprint density at radius 1 is 1.00 bits per heavy atom. The van der Waals surface area contributed by atoms with E-state index in [1.165, 1.54) is 18.4 Å². The van der Waals surface area contributed by atoms with Crippen LogP contribution in [0, 0.1) is 5.92 Å². The molecule has 0 aromatic heterocycles. The minimum Gasteiger partial charge on any atom is -0.480 e. The van der Waals surface area contributed by atoms with Crippen molar-refractivity contribution in [3.63, 3.8) is 0 Å². The molecule has 1 aromatic rings. The molecule has 3 aliphatic rings. The van der Waals surface area contributed by atoms with Crippen LogP contribution in [0.15, 0.2) is 30.3 Å². The van der Waals surface area contributed by atoms with Gasteiger partial charge in [-0.3, -0.25) is 19.5 Å². The lowest BCUT2D eigenvalue weighted by atomic mass is 9.99. The van der Waals surface area contributed by atoms with Crippen molar-refractivity contribution < 1.29 is 14.6 Å². The first-order valence-corrected chi connectivity index (χ1v) is 10.2. The van der Waals surface area contributed by atoms with Gasteiger partial charge < -0.3 is 9.84 Å². The number of benzene rings is 1. The van der Waals surface area contributed by atoms with Crippen LogP contribution >= 0.6 is 0 Å². The number of rotatable bonds is 5. The molecule has 148 valence electrons. The molecule has 0 unspecified atom stereocenters. The minimum absolute atomic E-state index is 0.149. The molecule has 0 saturated carbocycles. The van der Waals surface area contributed by atoms with Crippen molar-refractivity contribution in [2.75, 3.05) is 52.5 Å². The summed E-state index contributed by atoms with van der Waals surface area (Å²) in [5, 5.41) is 9.19. The first-order valence-electron chi connectivity index (χ1n) is 10.2. The topological polar surface area (TPSA) is 56.2 Å². The van der Waals surface area contributed by atoms with Crippen molar-refractivity contribution in [2.24, 2.45) is 5.92 Å². The summed E-state index contributed by atoms with van der Waals surface area (Å²) in [6, 6.07) is 11.6. The van der Waals surface area contributed by atoms with Gasteiger partial charge in [-0.05, 0) is 31.5 Å². The SMILES string of the molecule is O=C(O)CN1C[C@@H]2COC[C@H](C1)N(C1CCN(Cc3ccccc3)CC1)C2. The highest BCUT2D eigenvalue weighted by molar-refractivity contribution is 5.69. The van der Waals surface area contributed by atoms with E-state index in [2.05, 4.69) is 45.0 Å². The van der Waals surface area contributed by atoms with E-state index >= 15 is 0 Å². The van der Waals surface area contributed by atoms with Gasteiger partial charge in [0.15, 0.2) is 0 Å². The molecule has 2 atom stereocenters. The Morgan fingerprint density at radius 2 is 1.78 bits per heavy atom. The molecular weight excluding hydrogens is 342 g/mol. The lowest BCUT2D eigenvalue weighted by Gasteiger charge is -2.41. The molecule has 6 heteroatoms. The minimum atomic E-state index is -0.725. The second-order valence-electron chi connectivity index (χ2n) is 8.33. The van der Waals surface area contributed by atoms with Crippen LogP contribution < -0.4 is 0 Å². The first-order chi connectivity index (χ1) is 13.2.